The Hall–Kier alpha value is -2.80. The fourth-order valence-corrected chi connectivity index (χ4v) is 4.74. The first-order chi connectivity index (χ1) is 13.7. The van der Waals surface area contributed by atoms with Gasteiger partial charge in [-0.25, -0.2) is 9.97 Å². The summed E-state index contributed by atoms with van der Waals surface area (Å²) in [4.78, 5) is 35.5. The fraction of sp³-hybridized carbons (Fsp3) is 0.364. The molecule has 0 radical (unpaired) electrons. The average molecular weight is 411 g/mol. The van der Waals surface area contributed by atoms with Gasteiger partial charge in [-0.05, 0) is 51.3 Å². The van der Waals surface area contributed by atoms with Crippen molar-refractivity contribution in [1.82, 2.24) is 15.3 Å². The Morgan fingerprint density at radius 1 is 1.03 bits per heavy atom. The molecule has 0 fully saturated rings. The molecule has 0 aliphatic carbocycles. The average Bonchev–Trinajstić information content (AvgIpc) is 2.99. The molecule has 0 unspecified atom stereocenters. The molecule has 0 aliphatic rings. The van der Waals surface area contributed by atoms with Gasteiger partial charge in [0.2, 0.25) is 5.91 Å². The summed E-state index contributed by atoms with van der Waals surface area (Å²) in [6.45, 7) is 11.7. The predicted molar refractivity (Wildman–Crippen MR) is 118 cm³/mol. The number of aromatic nitrogens is 2. The highest BCUT2D eigenvalue weighted by molar-refractivity contribution is 7.20. The number of rotatable bonds is 5. The van der Waals surface area contributed by atoms with Crippen molar-refractivity contribution in [2.45, 2.75) is 48.0 Å². The lowest BCUT2D eigenvalue weighted by atomic mass is 10.1. The van der Waals surface area contributed by atoms with E-state index >= 15 is 0 Å². The van der Waals surface area contributed by atoms with E-state index in [4.69, 9.17) is 0 Å². The molecule has 152 valence electrons. The number of anilines is 1. The van der Waals surface area contributed by atoms with E-state index in [0.29, 0.717) is 4.88 Å². The Balaban J connectivity index is 1.73. The number of nitrogens with zero attached hydrogens (tertiary/aromatic N) is 2. The smallest absolute Gasteiger partial charge is 0.262 e. The van der Waals surface area contributed by atoms with Gasteiger partial charge in [0.1, 0.15) is 10.7 Å². The van der Waals surface area contributed by atoms with Crippen molar-refractivity contribution in [3.05, 3.63) is 50.8 Å². The lowest BCUT2D eigenvalue weighted by molar-refractivity contribution is -0.115. The summed E-state index contributed by atoms with van der Waals surface area (Å²) < 4.78 is 0. The van der Waals surface area contributed by atoms with Crippen LogP contribution in [0.25, 0.3) is 10.2 Å². The number of benzene rings is 1. The van der Waals surface area contributed by atoms with Crippen LogP contribution in [-0.4, -0.2) is 28.3 Å². The highest BCUT2D eigenvalue weighted by Gasteiger charge is 2.19. The highest BCUT2D eigenvalue weighted by atomic mass is 32.1. The van der Waals surface area contributed by atoms with Gasteiger partial charge in [0.15, 0.2) is 0 Å². The number of thiophene rings is 1. The Morgan fingerprint density at radius 2 is 1.69 bits per heavy atom. The number of hydrogen-bond acceptors (Lipinski definition) is 5. The SMILES string of the molecule is CCc1nc(C)c2c(C)c(C(=O)NCC(=O)Nc3c(C)cc(C)cc3C)sc2n1. The first-order valence-electron chi connectivity index (χ1n) is 9.63. The van der Waals surface area contributed by atoms with Crippen LogP contribution >= 0.6 is 11.3 Å². The zero-order chi connectivity index (χ0) is 21.3. The van der Waals surface area contributed by atoms with Gasteiger partial charge < -0.3 is 10.6 Å². The van der Waals surface area contributed by atoms with Crippen molar-refractivity contribution in [2.24, 2.45) is 0 Å². The number of carbonyl (C=O) groups excluding carboxylic acids is 2. The molecule has 2 amide bonds. The number of hydrogen-bond donors (Lipinski definition) is 2. The number of amides is 2. The van der Waals surface area contributed by atoms with Crippen LogP contribution in [0.5, 0.6) is 0 Å². The number of nitrogens with one attached hydrogen (secondary N) is 2. The Labute approximate surface area is 174 Å². The monoisotopic (exact) mass is 410 g/mol. The molecular formula is C22H26N4O2S. The van der Waals surface area contributed by atoms with Gasteiger partial charge in [-0.3, -0.25) is 9.59 Å². The van der Waals surface area contributed by atoms with Gasteiger partial charge >= 0.3 is 0 Å². The lowest BCUT2D eigenvalue weighted by Gasteiger charge is -2.13. The maximum absolute atomic E-state index is 12.7. The minimum Gasteiger partial charge on any atom is -0.342 e. The Bertz CT molecular complexity index is 1090. The number of fused-ring (bicyclic) bond motifs is 1. The molecule has 0 atom stereocenters. The summed E-state index contributed by atoms with van der Waals surface area (Å²) in [6.07, 6.45) is 0.743. The standard InChI is InChI=1S/C22H26N4O2S/c1-7-16-24-15(6)18-14(5)20(29-22(18)25-16)21(28)23-10-17(27)26-19-12(3)8-11(2)9-13(19)4/h8-9H,7,10H2,1-6H3,(H,23,28)(H,26,27). The van der Waals surface area contributed by atoms with Gasteiger partial charge in [-0.15, -0.1) is 11.3 Å². The van der Waals surface area contributed by atoms with E-state index in [2.05, 4.69) is 20.6 Å². The highest BCUT2D eigenvalue weighted by Crippen LogP contribution is 2.31. The molecule has 3 rings (SSSR count). The summed E-state index contributed by atoms with van der Waals surface area (Å²) in [5.41, 5.74) is 5.68. The second-order valence-electron chi connectivity index (χ2n) is 7.32. The van der Waals surface area contributed by atoms with Crippen molar-refractivity contribution in [3.63, 3.8) is 0 Å². The van der Waals surface area contributed by atoms with Crippen LogP contribution in [0.4, 0.5) is 5.69 Å². The first-order valence-corrected chi connectivity index (χ1v) is 10.4. The van der Waals surface area contributed by atoms with Crippen molar-refractivity contribution >= 4 is 39.1 Å². The molecule has 7 heteroatoms. The summed E-state index contributed by atoms with van der Waals surface area (Å²) in [5, 5.41) is 6.56. The minimum atomic E-state index is -0.268. The summed E-state index contributed by atoms with van der Waals surface area (Å²) in [7, 11) is 0. The maximum atomic E-state index is 12.7. The molecule has 2 N–H and O–H groups in total. The zero-order valence-corrected chi connectivity index (χ0v) is 18.5. The molecule has 0 spiro atoms. The number of carbonyl (C=O) groups is 2. The second-order valence-corrected chi connectivity index (χ2v) is 8.32. The summed E-state index contributed by atoms with van der Waals surface area (Å²) in [6, 6.07) is 4.05. The van der Waals surface area contributed by atoms with E-state index in [1.807, 2.05) is 53.7 Å². The van der Waals surface area contributed by atoms with Gasteiger partial charge in [0, 0.05) is 23.2 Å². The molecule has 0 bridgehead atoms. The van der Waals surface area contributed by atoms with E-state index in [0.717, 1.165) is 56.1 Å². The second kappa shape index (κ2) is 8.29. The van der Waals surface area contributed by atoms with Gasteiger partial charge in [-0.2, -0.15) is 0 Å². The molecule has 6 nitrogen and oxygen atoms in total. The van der Waals surface area contributed by atoms with Crippen molar-refractivity contribution in [1.29, 1.82) is 0 Å². The molecule has 0 saturated heterocycles. The molecule has 2 aromatic heterocycles. The molecular weight excluding hydrogens is 384 g/mol. The van der Waals surface area contributed by atoms with E-state index in [1.54, 1.807) is 0 Å². The Kier molecular flexibility index (Phi) is 5.98. The van der Waals surface area contributed by atoms with E-state index in [-0.39, 0.29) is 18.4 Å². The van der Waals surface area contributed by atoms with Crippen LogP contribution in [0.2, 0.25) is 0 Å². The van der Waals surface area contributed by atoms with E-state index < -0.39 is 0 Å². The summed E-state index contributed by atoms with van der Waals surface area (Å²) in [5.74, 6) is 0.248. The molecule has 0 saturated carbocycles. The zero-order valence-electron chi connectivity index (χ0n) is 17.7. The van der Waals surface area contributed by atoms with Crippen LogP contribution in [-0.2, 0) is 11.2 Å². The molecule has 2 heterocycles. The predicted octanol–water partition coefficient (Wildman–Crippen LogP) is 4.16. The van der Waals surface area contributed by atoms with Crippen LogP contribution in [0.3, 0.4) is 0 Å². The third kappa shape index (κ3) is 4.29. The van der Waals surface area contributed by atoms with Gasteiger partial charge in [-0.1, -0.05) is 24.6 Å². The van der Waals surface area contributed by atoms with Crippen molar-refractivity contribution in [3.8, 4) is 0 Å². The lowest BCUT2D eigenvalue weighted by Crippen LogP contribution is -2.33. The topological polar surface area (TPSA) is 84.0 Å². The maximum Gasteiger partial charge on any atom is 0.262 e. The van der Waals surface area contributed by atoms with Crippen molar-refractivity contribution in [2.75, 3.05) is 11.9 Å². The number of aryl methyl sites for hydroxylation is 6. The third-order valence-electron chi connectivity index (χ3n) is 4.89. The quantitative estimate of drug-likeness (QED) is 0.661. The largest absolute Gasteiger partial charge is 0.342 e. The van der Waals surface area contributed by atoms with Crippen molar-refractivity contribution < 1.29 is 9.59 Å². The molecule has 29 heavy (non-hydrogen) atoms. The molecule has 1 aromatic carbocycles. The van der Waals surface area contributed by atoms with Gasteiger partial charge in [0.05, 0.1) is 11.4 Å². The third-order valence-corrected chi connectivity index (χ3v) is 6.08. The van der Waals surface area contributed by atoms with Crippen LogP contribution in [0.15, 0.2) is 12.1 Å². The first kappa shape index (κ1) is 20.9. The normalized spacial score (nSPS) is 11.0. The van der Waals surface area contributed by atoms with Crippen LogP contribution in [0.1, 0.15) is 50.4 Å². The van der Waals surface area contributed by atoms with Gasteiger partial charge in [0.25, 0.3) is 5.91 Å². The summed E-state index contributed by atoms with van der Waals surface area (Å²) >= 11 is 1.34. The Morgan fingerprint density at radius 3 is 2.31 bits per heavy atom. The molecule has 0 aliphatic heterocycles. The fourth-order valence-electron chi connectivity index (χ4n) is 3.57. The van der Waals surface area contributed by atoms with E-state index in [9.17, 15) is 9.59 Å². The van der Waals surface area contributed by atoms with Crippen LogP contribution in [0, 0.1) is 34.6 Å². The van der Waals surface area contributed by atoms with Crippen LogP contribution < -0.4 is 10.6 Å². The molecule has 3 aromatic rings. The minimum absolute atomic E-state index is 0.0931. The van der Waals surface area contributed by atoms with E-state index in [1.165, 1.54) is 11.3 Å².